The molecule has 0 spiro atoms. The quantitative estimate of drug-likeness (QED) is 0.607. The highest BCUT2D eigenvalue weighted by Gasteiger charge is 2.40. The average molecular weight is 525 g/mol. The van der Waals surface area contributed by atoms with Gasteiger partial charge < -0.3 is 19.9 Å². The lowest BCUT2D eigenvalue weighted by atomic mass is 9.64. The molecule has 6 rings (SSSR count). The van der Waals surface area contributed by atoms with E-state index in [2.05, 4.69) is 0 Å². The van der Waals surface area contributed by atoms with Crippen molar-refractivity contribution < 1.29 is 46.3 Å². The zero-order valence-corrected chi connectivity index (χ0v) is 20.3. The Balaban J connectivity index is 1.73. The Morgan fingerprint density at radius 3 is 2.42 bits per heavy atom. The molecule has 0 bridgehead atoms. The number of hydrogen-bond donors (Lipinski definition) is 1. The van der Waals surface area contributed by atoms with E-state index in [-0.39, 0.29) is 50.4 Å². The zero-order valence-electron chi connectivity index (χ0n) is 36.3. The van der Waals surface area contributed by atoms with Gasteiger partial charge in [-0.15, -0.1) is 0 Å². The summed E-state index contributed by atoms with van der Waals surface area (Å²) in [6, 6.07) is 6.86. The van der Waals surface area contributed by atoms with Gasteiger partial charge in [-0.05, 0) is 82.1 Å². The van der Waals surface area contributed by atoms with Gasteiger partial charge in [-0.2, -0.15) is 0 Å². The van der Waals surface area contributed by atoms with Gasteiger partial charge in [-0.25, -0.2) is 9.37 Å². The number of benzene rings is 2. The van der Waals surface area contributed by atoms with E-state index in [4.69, 9.17) is 21.9 Å². The third kappa shape index (κ3) is 3.90. The Kier molecular flexibility index (Phi) is 2.95. The molecule has 0 aromatic heterocycles. The van der Waals surface area contributed by atoms with Crippen molar-refractivity contribution in [1.29, 1.82) is 0 Å². The van der Waals surface area contributed by atoms with Crippen molar-refractivity contribution in [2.24, 2.45) is 0 Å². The van der Waals surface area contributed by atoms with Gasteiger partial charge in [0.15, 0.2) is 5.71 Å². The number of anilines is 1. The largest absolute Gasteiger partial charge is 0.545 e. The first-order chi connectivity index (χ1) is 24.3. The minimum Gasteiger partial charge on any atom is -0.545 e. The number of carbonyl (C=O) groups is 2. The molecule has 2 aromatic rings. The summed E-state index contributed by atoms with van der Waals surface area (Å²) < 4.78 is 135. The first-order valence-corrected chi connectivity index (χ1v) is 11.6. The summed E-state index contributed by atoms with van der Waals surface area (Å²) >= 11 is 0. The normalized spacial score (nSPS) is 36.8. The molecule has 194 valence electrons. The van der Waals surface area contributed by atoms with Crippen molar-refractivity contribution in [3.8, 4) is 0 Å². The molecule has 1 N–H and O–H groups in total. The van der Waals surface area contributed by atoms with Gasteiger partial charge in [0.1, 0.15) is 18.5 Å². The molecular weight excluding hydrogens is 476 g/mol. The third-order valence-electron chi connectivity index (χ3n) is 6.96. The molecule has 0 unspecified atom stereocenters. The van der Waals surface area contributed by atoms with Crippen LogP contribution in [0.2, 0.25) is 0 Å². The number of carboxylic acids is 2. The van der Waals surface area contributed by atoms with Gasteiger partial charge in [0, 0.05) is 65.4 Å². The van der Waals surface area contributed by atoms with Gasteiger partial charge in [-0.3, -0.25) is 0 Å². The molecule has 2 aromatic carbocycles. The Bertz CT molecular complexity index is 2150. The Morgan fingerprint density at radius 1 is 1.00 bits per heavy atom. The van der Waals surface area contributed by atoms with Gasteiger partial charge in [0.2, 0.25) is 0 Å². The lowest BCUT2D eigenvalue weighted by molar-refractivity contribution is -0.504. The number of allylic oxidation sites excluding steroid dienone is 5. The highest BCUT2D eigenvalue weighted by molar-refractivity contribution is 6.08. The molecule has 0 saturated carbocycles. The number of carbonyl (C=O) groups excluding carboxylic acids is 1. The first-order valence-electron chi connectivity index (χ1n) is 19.6. The fourth-order valence-electron chi connectivity index (χ4n) is 5.11. The smallest absolute Gasteiger partial charge is 0.336 e. The summed E-state index contributed by atoms with van der Waals surface area (Å²) in [4.78, 5) is 24.9. The Hall–Kier alpha value is -3.93. The van der Waals surface area contributed by atoms with Crippen LogP contribution in [0.4, 0.5) is 5.69 Å². The highest BCUT2D eigenvalue weighted by Crippen LogP contribution is 2.51. The Morgan fingerprint density at radius 2 is 1.74 bits per heavy atom. The van der Waals surface area contributed by atoms with E-state index in [1.807, 2.05) is 0 Å². The predicted molar refractivity (Wildman–Crippen MR) is 146 cm³/mol. The first kappa shape index (κ1) is 12.3. The summed E-state index contributed by atoms with van der Waals surface area (Å²) in [5.74, 6) is -3.13. The van der Waals surface area contributed by atoms with Gasteiger partial charge in [0.25, 0.3) is 0 Å². The lowest BCUT2D eigenvalue weighted by Gasteiger charge is -2.40. The summed E-state index contributed by atoms with van der Waals surface area (Å²) in [6.45, 7) is -9.93. The van der Waals surface area contributed by atoms with Gasteiger partial charge in [0.05, 0.1) is 11.5 Å². The van der Waals surface area contributed by atoms with Gasteiger partial charge >= 0.3 is 5.97 Å². The molecule has 0 amide bonds. The van der Waals surface area contributed by atoms with E-state index in [9.17, 15) is 19.8 Å². The van der Waals surface area contributed by atoms with E-state index < -0.39 is 74.4 Å². The summed E-state index contributed by atoms with van der Waals surface area (Å²) in [6.07, 6.45) is -9.79. The summed E-state index contributed by atoms with van der Waals surface area (Å²) in [5.41, 5.74) is -2.24. The monoisotopic (exact) mass is 524 g/mol. The lowest BCUT2D eigenvalue weighted by Crippen LogP contribution is -2.31. The fourth-order valence-corrected chi connectivity index (χ4v) is 5.11. The van der Waals surface area contributed by atoms with Crippen LogP contribution < -0.4 is 10.0 Å². The van der Waals surface area contributed by atoms with Crippen LogP contribution in [0.15, 0.2) is 65.8 Å². The Labute approximate surface area is 245 Å². The summed E-state index contributed by atoms with van der Waals surface area (Å²) in [5, 5.41) is 22.2. The topological polar surface area (TPSA) is 83.7 Å². The predicted octanol–water partition coefficient (Wildman–Crippen LogP) is 4.19. The van der Waals surface area contributed by atoms with E-state index in [1.54, 1.807) is 13.8 Å². The van der Waals surface area contributed by atoms with Crippen molar-refractivity contribution in [3.05, 3.63) is 93.6 Å². The SMILES string of the molecule is [2H]C1([2H])N(c2ccc3c(c2)C(C)(C)C2=CC(=[N+]4C([2H])([2H])C([2H])([2H])C([2H])([2H])C4([2H])[2H])C=CC2=C3c2cc(C(=O)[O-])ccc2C(=O)O)C([2H])([2H])C([2H])([2H])C1([2H])[2H]. The fraction of sp³-hybridized carbons (Fsp3) is 0.344. The molecule has 38 heavy (non-hydrogen) atoms. The van der Waals surface area contributed by atoms with Crippen LogP contribution >= 0.6 is 0 Å². The average Bonchev–Trinajstić information content (AvgIpc) is 3.16. The molecule has 4 aliphatic rings. The van der Waals surface area contributed by atoms with Crippen LogP contribution in [-0.4, -0.2) is 53.3 Å². The number of carboxylic acid groups (broad SMARTS) is 2. The number of fused-ring (bicyclic) bond motifs is 2. The number of hydrogen-bond acceptors (Lipinski definition) is 4. The second kappa shape index (κ2) is 9.12. The minimum atomic E-state index is -3.39. The standard InChI is InChI=1S/C32H32N2O4/c1-32(2)27-18-21(33-13-3-4-14-33)8-11-24(27)29(26-17-20(30(35)36)7-10-23(26)31(37)38)25-12-9-22(19-28(25)32)34-15-5-6-16-34/h7-12,17-19H,3-6,13-16H2,1-2H3,(H-,35,36,37,38)/i3D2,4D2,5D2,6D2,13D2,14D2,15D2,16D2. The number of rotatable bonds is 4. The summed E-state index contributed by atoms with van der Waals surface area (Å²) in [7, 11) is 0. The van der Waals surface area contributed by atoms with Crippen molar-refractivity contribution in [1.82, 2.24) is 0 Å². The third-order valence-corrected chi connectivity index (χ3v) is 6.96. The molecular formula is C32H32N2O4. The molecule has 0 atom stereocenters. The van der Waals surface area contributed by atoms with Gasteiger partial charge in [-0.1, -0.05) is 26.0 Å². The van der Waals surface area contributed by atoms with Crippen LogP contribution in [-0.2, 0) is 5.41 Å². The van der Waals surface area contributed by atoms with Crippen LogP contribution in [0.1, 0.15) is 98.7 Å². The van der Waals surface area contributed by atoms with Crippen molar-refractivity contribution >= 4 is 28.9 Å². The molecule has 6 heteroatoms. The second-order valence-electron chi connectivity index (χ2n) is 9.43. The number of nitrogens with zero attached hydrogens (tertiary/aromatic N) is 2. The van der Waals surface area contributed by atoms with Crippen molar-refractivity contribution in [2.75, 3.05) is 30.9 Å². The molecule has 2 aliphatic heterocycles. The minimum absolute atomic E-state index is 0.0501. The van der Waals surface area contributed by atoms with Crippen molar-refractivity contribution in [3.63, 3.8) is 0 Å². The van der Waals surface area contributed by atoms with E-state index in [0.717, 1.165) is 18.2 Å². The maximum absolute atomic E-state index is 12.6. The van der Waals surface area contributed by atoms with Crippen molar-refractivity contribution in [2.45, 2.75) is 44.8 Å². The van der Waals surface area contributed by atoms with E-state index in [0.29, 0.717) is 9.48 Å². The zero-order chi connectivity index (χ0) is 40.9. The highest BCUT2D eigenvalue weighted by atomic mass is 16.4. The molecule has 6 nitrogen and oxygen atoms in total. The molecule has 0 radical (unpaired) electrons. The van der Waals surface area contributed by atoms with Crippen LogP contribution in [0.3, 0.4) is 0 Å². The maximum atomic E-state index is 12.6. The van der Waals surface area contributed by atoms with E-state index >= 15 is 0 Å². The second-order valence-corrected chi connectivity index (χ2v) is 9.43. The van der Waals surface area contributed by atoms with Crippen LogP contribution in [0, 0.1) is 0 Å². The molecule has 2 saturated heterocycles. The molecule has 2 fully saturated rings. The molecule has 2 heterocycles. The van der Waals surface area contributed by atoms with Crippen LogP contribution in [0.5, 0.6) is 0 Å². The van der Waals surface area contributed by atoms with E-state index in [1.165, 1.54) is 36.4 Å². The van der Waals surface area contributed by atoms with Crippen LogP contribution in [0.25, 0.3) is 5.57 Å². The maximum Gasteiger partial charge on any atom is 0.336 e. The molecule has 2 aliphatic carbocycles. The number of aromatic carboxylic acids is 2.